The number of benzene rings is 3. The molecule has 1 aliphatic rings. The van der Waals surface area contributed by atoms with Gasteiger partial charge in [0.05, 0.1) is 11.3 Å². The Labute approximate surface area is 210 Å². The lowest BCUT2D eigenvalue weighted by Crippen LogP contribution is -2.44. The van der Waals surface area contributed by atoms with Crippen molar-refractivity contribution in [2.24, 2.45) is 0 Å². The van der Waals surface area contributed by atoms with Gasteiger partial charge in [-0.3, -0.25) is 9.59 Å². The van der Waals surface area contributed by atoms with Crippen LogP contribution in [0.5, 0.6) is 0 Å². The van der Waals surface area contributed by atoms with Gasteiger partial charge in [-0.25, -0.2) is 4.79 Å². The maximum atomic E-state index is 14.0. The molecule has 2 N–H and O–H groups in total. The van der Waals surface area contributed by atoms with Crippen LogP contribution in [0.2, 0.25) is 5.02 Å². The highest BCUT2D eigenvalue weighted by molar-refractivity contribution is 9.10. The van der Waals surface area contributed by atoms with E-state index in [0.29, 0.717) is 21.8 Å². The molecule has 2 atom stereocenters. The molecule has 0 bridgehead atoms. The third-order valence-corrected chi connectivity index (χ3v) is 6.62. The lowest BCUT2D eigenvalue weighted by molar-refractivity contribution is -0.144. The Kier molecular flexibility index (Phi) is 6.77. The van der Waals surface area contributed by atoms with Crippen molar-refractivity contribution in [1.29, 1.82) is 0 Å². The smallest absolute Gasteiger partial charge is 0.331 e. The molecule has 4 rings (SSSR count). The van der Waals surface area contributed by atoms with E-state index >= 15 is 0 Å². The summed E-state index contributed by atoms with van der Waals surface area (Å²) in [6.45, 7) is 4.00. The number of aliphatic carboxylic acids is 1. The summed E-state index contributed by atoms with van der Waals surface area (Å²) in [6.07, 6.45) is 0. The number of rotatable bonds is 5. The molecule has 0 spiro atoms. The molecule has 6 nitrogen and oxygen atoms in total. The number of nitrogens with one attached hydrogen (secondary N) is 1. The van der Waals surface area contributed by atoms with Gasteiger partial charge in [0.25, 0.3) is 11.8 Å². The van der Waals surface area contributed by atoms with Gasteiger partial charge in [0.1, 0.15) is 6.04 Å². The van der Waals surface area contributed by atoms with Crippen molar-refractivity contribution in [3.05, 3.63) is 98.5 Å². The second kappa shape index (κ2) is 9.60. The van der Waals surface area contributed by atoms with Crippen LogP contribution in [0.15, 0.2) is 71.2 Å². The average molecular weight is 542 g/mol. The van der Waals surface area contributed by atoms with Crippen molar-refractivity contribution in [3.63, 3.8) is 0 Å². The highest BCUT2D eigenvalue weighted by atomic mass is 79.9. The topological polar surface area (TPSA) is 86.7 Å². The number of hydrogen-bond acceptors (Lipinski definition) is 3. The van der Waals surface area contributed by atoms with E-state index < -0.39 is 29.9 Å². The summed E-state index contributed by atoms with van der Waals surface area (Å²) in [6, 6.07) is 15.8. The number of carboxylic acid groups (broad SMARTS) is 1. The lowest BCUT2D eigenvalue weighted by atomic mass is 9.96. The van der Waals surface area contributed by atoms with E-state index in [4.69, 9.17) is 11.6 Å². The minimum Gasteiger partial charge on any atom is -0.479 e. The third-order valence-electron chi connectivity index (χ3n) is 5.84. The van der Waals surface area contributed by atoms with Crippen molar-refractivity contribution in [2.45, 2.75) is 31.8 Å². The van der Waals surface area contributed by atoms with Gasteiger partial charge in [0, 0.05) is 9.50 Å². The minimum atomic E-state index is -1.42. The van der Waals surface area contributed by atoms with Crippen LogP contribution in [0.4, 0.5) is 5.69 Å². The van der Waals surface area contributed by atoms with Crippen LogP contribution in [-0.4, -0.2) is 27.8 Å². The van der Waals surface area contributed by atoms with Crippen molar-refractivity contribution >= 4 is 51.0 Å². The van der Waals surface area contributed by atoms with E-state index in [1.807, 2.05) is 19.9 Å². The normalized spacial score (nSPS) is 16.6. The van der Waals surface area contributed by atoms with Gasteiger partial charge >= 0.3 is 5.97 Å². The zero-order chi connectivity index (χ0) is 24.6. The molecule has 174 valence electrons. The maximum absolute atomic E-state index is 14.0. The van der Waals surface area contributed by atoms with Gasteiger partial charge < -0.3 is 15.3 Å². The standard InChI is InChI=1S/C26H22BrClN2O4/c1-14(2)17-7-12-21-20(13-17)25(32)30(23(26(33)34)16-5-10-19(28)11-6-16)22(24(31)29-21)15-3-8-18(27)9-4-15/h3-14,22-23H,1-2H3,(H,29,31)(H,33,34). The van der Waals surface area contributed by atoms with Gasteiger partial charge in [-0.2, -0.15) is 0 Å². The molecule has 0 saturated carbocycles. The van der Waals surface area contributed by atoms with Crippen LogP contribution in [0, 0.1) is 0 Å². The van der Waals surface area contributed by atoms with Crippen LogP contribution >= 0.6 is 27.5 Å². The van der Waals surface area contributed by atoms with Gasteiger partial charge in [-0.1, -0.05) is 71.7 Å². The number of halogens is 2. The molecule has 3 aromatic carbocycles. The Bertz CT molecular complexity index is 1260. The zero-order valence-corrected chi connectivity index (χ0v) is 20.8. The van der Waals surface area contributed by atoms with Crippen LogP contribution in [-0.2, 0) is 9.59 Å². The second-order valence-corrected chi connectivity index (χ2v) is 9.76. The number of hydrogen-bond donors (Lipinski definition) is 2. The molecule has 0 aliphatic carbocycles. The van der Waals surface area contributed by atoms with E-state index in [9.17, 15) is 19.5 Å². The SMILES string of the molecule is CC(C)c1ccc2c(c1)C(=O)N(C(C(=O)O)c1ccc(Cl)cc1)C(c1ccc(Br)cc1)C(=O)N2. The van der Waals surface area contributed by atoms with Crippen molar-refractivity contribution in [2.75, 3.05) is 5.32 Å². The van der Waals surface area contributed by atoms with Gasteiger partial charge in [-0.15, -0.1) is 0 Å². The number of anilines is 1. The van der Waals surface area contributed by atoms with Crippen molar-refractivity contribution in [3.8, 4) is 0 Å². The number of fused-ring (bicyclic) bond motifs is 1. The fraction of sp³-hybridized carbons (Fsp3) is 0.192. The van der Waals surface area contributed by atoms with Crippen LogP contribution in [0.25, 0.3) is 0 Å². The third kappa shape index (κ3) is 4.58. The summed E-state index contributed by atoms with van der Waals surface area (Å²) < 4.78 is 0.792. The average Bonchev–Trinajstić information content (AvgIpc) is 2.90. The Morgan fingerprint density at radius 1 is 1.00 bits per heavy atom. The molecule has 1 heterocycles. The molecular weight excluding hydrogens is 520 g/mol. The molecule has 0 aromatic heterocycles. The highest BCUT2D eigenvalue weighted by Gasteiger charge is 2.43. The monoisotopic (exact) mass is 540 g/mol. The van der Waals surface area contributed by atoms with Crippen molar-refractivity contribution in [1.82, 2.24) is 4.90 Å². The number of carbonyl (C=O) groups excluding carboxylic acids is 2. The first-order valence-electron chi connectivity index (χ1n) is 10.7. The lowest BCUT2D eigenvalue weighted by Gasteiger charge is -2.34. The molecule has 2 amide bonds. The molecular formula is C26H22BrClN2O4. The summed E-state index contributed by atoms with van der Waals surface area (Å²) in [5.74, 6) is -2.16. The molecule has 0 fully saturated rings. The molecule has 2 unspecified atom stereocenters. The summed E-state index contributed by atoms with van der Waals surface area (Å²) in [7, 11) is 0. The highest BCUT2D eigenvalue weighted by Crippen LogP contribution is 2.39. The molecule has 0 saturated heterocycles. The van der Waals surface area contributed by atoms with Crippen LogP contribution in [0.1, 0.15) is 58.9 Å². The largest absolute Gasteiger partial charge is 0.479 e. The second-order valence-electron chi connectivity index (χ2n) is 8.41. The predicted molar refractivity (Wildman–Crippen MR) is 134 cm³/mol. The molecule has 0 radical (unpaired) electrons. The van der Waals surface area contributed by atoms with E-state index in [0.717, 1.165) is 14.9 Å². The number of amides is 2. The first kappa shape index (κ1) is 24.0. The molecule has 34 heavy (non-hydrogen) atoms. The Morgan fingerprint density at radius 2 is 1.62 bits per heavy atom. The quantitative estimate of drug-likeness (QED) is 0.403. The maximum Gasteiger partial charge on any atom is 0.331 e. The summed E-state index contributed by atoms with van der Waals surface area (Å²) in [5.41, 5.74) is 2.33. The summed E-state index contributed by atoms with van der Waals surface area (Å²) in [5, 5.41) is 13.6. The van der Waals surface area contributed by atoms with Crippen LogP contribution < -0.4 is 5.32 Å². The van der Waals surface area contributed by atoms with E-state index in [1.54, 1.807) is 60.7 Å². The number of carbonyl (C=O) groups is 3. The van der Waals surface area contributed by atoms with E-state index in [2.05, 4.69) is 21.2 Å². The van der Waals surface area contributed by atoms with Gasteiger partial charge in [0.15, 0.2) is 6.04 Å². The molecule has 1 aliphatic heterocycles. The van der Waals surface area contributed by atoms with E-state index in [1.165, 1.54) is 0 Å². The fourth-order valence-corrected chi connectivity index (χ4v) is 4.47. The van der Waals surface area contributed by atoms with Crippen LogP contribution in [0.3, 0.4) is 0 Å². The number of nitrogens with zero attached hydrogens (tertiary/aromatic N) is 1. The number of carboxylic acids is 1. The fourth-order valence-electron chi connectivity index (χ4n) is 4.08. The Hall–Kier alpha value is -3.16. The summed E-state index contributed by atoms with van der Waals surface area (Å²) >= 11 is 9.40. The summed E-state index contributed by atoms with van der Waals surface area (Å²) in [4.78, 5) is 41.3. The first-order chi connectivity index (χ1) is 16.2. The van der Waals surface area contributed by atoms with E-state index in [-0.39, 0.29) is 11.5 Å². The Balaban J connectivity index is 1.95. The molecule has 3 aromatic rings. The van der Waals surface area contributed by atoms with Gasteiger partial charge in [-0.05, 0) is 59.0 Å². The predicted octanol–water partition coefficient (Wildman–Crippen LogP) is 6.19. The minimum absolute atomic E-state index is 0.138. The zero-order valence-electron chi connectivity index (χ0n) is 18.5. The first-order valence-corrected chi connectivity index (χ1v) is 11.9. The van der Waals surface area contributed by atoms with Gasteiger partial charge in [0.2, 0.25) is 0 Å². The Morgan fingerprint density at radius 3 is 2.21 bits per heavy atom. The molecule has 8 heteroatoms. The van der Waals surface area contributed by atoms with Crippen molar-refractivity contribution < 1.29 is 19.5 Å².